The molecule has 0 saturated heterocycles. The maximum atomic E-state index is 5.93. The van der Waals surface area contributed by atoms with Crippen LogP contribution in [-0.4, -0.2) is 23.1 Å². The molecule has 0 aliphatic carbocycles. The van der Waals surface area contributed by atoms with Gasteiger partial charge in [-0.3, -0.25) is 0 Å². The molecule has 0 bridgehead atoms. The van der Waals surface area contributed by atoms with Gasteiger partial charge in [0.05, 0.1) is 5.52 Å². The zero-order chi connectivity index (χ0) is 16.2. The van der Waals surface area contributed by atoms with Crippen LogP contribution in [0.3, 0.4) is 0 Å². The van der Waals surface area contributed by atoms with Crippen LogP contribution < -0.4 is 10.2 Å². The number of benzene rings is 2. The zero-order valence-electron chi connectivity index (χ0n) is 13.3. The third kappa shape index (κ3) is 3.37. The number of nitrogens with one attached hydrogen (secondary N) is 1. The van der Waals surface area contributed by atoms with Crippen LogP contribution in [0.4, 0.5) is 17.5 Å². The zero-order valence-corrected chi connectivity index (χ0v) is 14.0. The van der Waals surface area contributed by atoms with E-state index in [1.807, 2.05) is 42.5 Å². The predicted octanol–water partition coefficient (Wildman–Crippen LogP) is 4.87. The van der Waals surface area contributed by atoms with Gasteiger partial charge in [0.25, 0.3) is 0 Å². The van der Waals surface area contributed by atoms with Crippen LogP contribution in [0, 0.1) is 0 Å². The van der Waals surface area contributed by atoms with Crippen LogP contribution in [0.25, 0.3) is 10.9 Å². The van der Waals surface area contributed by atoms with Crippen LogP contribution in [0.2, 0.25) is 5.02 Å². The molecule has 118 valence electrons. The van der Waals surface area contributed by atoms with Crippen molar-refractivity contribution in [2.24, 2.45) is 0 Å². The molecule has 1 heterocycles. The lowest BCUT2D eigenvalue weighted by Crippen LogP contribution is -2.23. The molecule has 0 atom stereocenters. The summed E-state index contributed by atoms with van der Waals surface area (Å²) < 4.78 is 0. The lowest BCUT2D eigenvalue weighted by molar-refractivity contribution is 0.850. The first-order valence-electron chi connectivity index (χ1n) is 7.75. The minimum absolute atomic E-state index is 0.591. The fraction of sp³-hybridized carbons (Fsp3) is 0.222. The number of halogens is 1. The number of para-hydroxylation sites is 1. The average molecular weight is 327 g/mol. The Morgan fingerprint density at radius 1 is 0.957 bits per heavy atom. The van der Waals surface area contributed by atoms with E-state index in [1.165, 1.54) is 0 Å². The third-order valence-electron chi connectivity index (χ3n) is 3.75. The van der Waals surface area contributed by atoms with Gasteiger partial charge in [0.15, 0.2) is 0 Å². The second-order valence-corrected chi connectivity index (χ2v) is 5.63. The van der Waals surface area contributed by atoms with Crippen molar-refractivity contribution in [2.45, 2.75) is 13.8 Å². The van der Waals surface area contributed by atoms with E-state index in [9.17, 15) is 0 Å². The standard InChI is InChI=1S/C18H19ClN4/c1-3-23(4-2)17-15-7-5-6-8-16(15)21-18(22-17)20-14-11-9-13(19)10-12-14/h5-12H,3-4H2,1-2H3,(H,20,21,22). The fourth-order valence-electron chi connectivity index (χ4n) is 2.54. The summed E-state index contributed by atoms with van der Waals surface area (Å²) in [5, 5.41) is 5.03. The van der Waals surface area contributed by atoms with Gasteiger partial charge in [-0.05, 0) is 50.2 Å². The molecule has 3 aromatic rings. The Balaban J connectivity index is 2.05. The molecule has 0 aliphatic heterocycles. The molecule has 3 rings (SSSR count). The summed E-state index contributed by atoms with van der Waals surface area (Å²) in [6.07, 6.45) is 0. The summed E-state index contributed by atoms with van der Waals surface area (Å²) in [7, 11) is 0. The highest BCUT2D eigenvalue weighted by atomic mass is 35.5. The van der Waals surface area contributed by atoms with Crippen molar-refractivity contribution in [2.75, 3.05) is 23.3 Å². The van der Waals surface area contributed by atoms with Gasteiger partial charge in [0, 0.05) is 29.2 Å². The van der Waals surface area contributed by atoms with E-state index in [2.05, 4.69) is 35.1 Å². The summed E-state index contributed by atoms with van der Waals surface area (Å²) in [6, 6.07) is 15.6. The Morgan fingerprint density at radius 3 is 2.35 bits per heavy atom. The van der Waals surface area contributed by atoms with Crippen LogP contribution in [0.15, 0.2) is 48.5 Å². The first kappa shape index (κ1) is 15.6. The van der Waals surface area contributed by atoms with Crippen LogP contribution in [-0.2, 0) is 0 Å². The van der Waals surface area contributed by atoms with Crippen LogP contribution in [0.1, 0.15) is 13.8 Å². The average Bonchev–Trinajstić information content (AvgIpc) is 2.58. The monoisotopic (exact) mass is 326 g/mol. The van der Waals surface area contributed by atoms with E-state index < -0.39 is 0 Å². The normalized spacial score (nSPS) is 10.7. The Hall–Kier alpha value is -2.33. The van der Waals surface area contributed by atoms with Crippen molar-refractivity contribution in [3.8, 4) is 0 Å². The quantitative estimate of drug-likeness (QED) is 0.726. The molecule has 0 aliphatic rings. The summed E-state index contributed by atoms with van der Waals surface area (Å²) >= 11 is 5.93. The minimum atomic E-state index is 0.591. The molecular weight excluding hydrogens is 308 g/mol. The molecule has 1 N–H and O–H groups in total. The SMILES string of the molecule is CCN(CC)c1nc(Nc2ccc(Cl)cc2)nc2ccccc12. The molecule has 2 aromatic carbocycles. The van der Waals surface area contributed by atoms with E-state index in [1.54, 1.807) is 0 Å². The Kier molecular flexibility index (Phi) is 4.63. The van der Waals surface area contributed by atoms with Crippen LogP contribution in [0.5, 0.6) is 0 Å². The molecule has 1 aromatic heterocycles. The lowest BCUT2D eigenvalue weighted by Gasteiger charge is -2.22. The summed E-state index contributed by atoms with van der Waals surface area (Å²) in [4.78, 5) is 11.6. The first-order chi connectivity index (χ1) is 11.2. The molecule has 0 radical (unpaired) electrons. The van der Waals surface area contributed by atoms with Gasteiger partial charge in [-0.1, -0.05) is 23.7 Å². The second-order valence-electron chi connectivity index (χ2n) is 5.19. The number of rotatable bonds is 5. The van der Waals surface area contributed by atoms with Gasteiger partial charge in [-0.25, -0.2) is 4.98 Å². The van der Waals surface area contributed by atoms with Gasteiger partial charge in [-0.15, -0.1) is 0 Å². The number of hydrogen-bond donors (Lipinski definition) is 1. The Morgan fingerprint density at radius 2 is 1.65 bits per heavy atom. The summed E-state index contributed by atoms with van der Waals surface area (Å²) in [5.74, 6) is 1.55. The van der Waals surface area contributed by atoms with Crippen molar-refractivity contribution >= 4 is 40.0 Å². The van der Waals surface area contributed by atoms with Crippen molar-refractivity contribution in [3.05, 3.63) is 53.6 Å². The molecular formula is C18H19ClN4. The highest BCUT2D eigenvalue weighted by Gasteiger charge is 2.12. The number of anilines is 3. The van der Waals surface area contributed by atoms with E-state index in [0.29, 0.717) is 11.0 Å². The number of nitrogens with zero attached hydrogens (tertiary/aromatic N) is 3. The van der Waals surface area contributed by atoms with Crippen LogP contribution >= 0.6 is 11.6 Å². The summed E-state index contributed by atoms with van der Waals surface area (Å²) in [5.41, 5.74) is 1.84. The van der Waals surface area contributed by atoms with E-state index >= 15 is 0 Å². The van der Waals surface area contributed by atoms with E-state index in [-0.39, 0.29) is 0 Å². The van der Waals surface area contributed by atoms with Crippen molar-refractivity contribution in [1.82, 2.24) is 9.97 Å². The highest BCUT2D eigenvalue weighted by molar-refractivity contribution is 6.30. The third-order valence-corrected chi connectivity index (χ3v) is 4.00. The summed E-state index contributed by atoms with van der Waals surface area (Å²) in [6.45, 7) is 6.06. The van der Waals surface area contributed by atoms with E-state index in [4.69, 9.17) is 16.6 Å². The molecule has 0 unspecified atom stereocenters. The van der Waals surface area contributed by atoms with E-state index in [0.717, 1.165) is 35.5 Å². The highest BCUT2D eigenvalue weighted by Crippen LogP contribution is 2.26. The molecule has 0 saturated carbocycles. The predicted molar refractivity (Wildman–Crippen MR) is 97.8 cm³/mol. The lowest BCUT2D eigenvalue weighted by atomic mass is 10.2. The smallest absolute Gasteiger partial charge is 0.229 e. The van der Waals surface area contributed by atoms with Gasteiger partial charge in [0.2, 0.25) is 5.95 Å². The van der Waals surface area contributed by atoms with Gasteiger partial charge < -0.3 is 10.2 Å². The van der Waals surface area contributed by atoms with Crippen molar-refractivity contribution < 1.29 is 0 Å². The molecule has 0 spiro atoms. The molecule has 4 nitrogen and oxygen atoms in total. The molecule has 0 amide bonds. The fourth-order valence-corrected chi connectivity index (χ4v) is 2.67. The largest absolute Gasteiger partial charge is 0.356 e. The van der Waals surface area contributed by atoms with Gasteiger partial charge in [-0.2, -0.15) is 4.98 Å². The van der Waals surface area contributed by atoms with Gasteiger partial charge >= 0.3 is 0 Å². The number of fused-ring (bicyclic) bond motifs is 1. The molecule has 5 heteroatoms. The second kappa shape index (κ2) is 6.84. The topological polar surface area (TPSA) is 41.1 Å². The molecule has 23 heavy (non-hydrogen) atoms. The first-order valence-corrected chi connectivity index (χ1v) is 8.13. The van der Waals surface area contributed by atoms with Gasteiger partial charge in [0.1, 0.15) is 5.82 Å². The number of hydrogen-bond acceptors (Lipinski definition) is 4. The minimum Gasteiger partial charge on any atom is -0.356 e. The number of aromatic nitrogens is 2. The Bertz CT molecular complexity index is 798. The molecule has 0 fully saturated rings. The Labute approximate surface area is 141 Å². The van der Waals surface area contributed by atoms with Crippen molar-refractivity contribution in [3.63, 3.8) is 0 Å². The maximum absolute atomic E-state index is 5.93. The maximum Gasteiger partial charge on any atom is 0.229 e. The van der Waals surface area contributed by atoms with Crippen molar-refractivity contribution in [1.29, 1.82) is 0 Å².